The minimum absolute atomic E-state index is 0.855. The fourth-order valence-corrected chi connectivity index (χ4v) is 2.44. The molecule has 2 nitrogen and oxygen atoms in total. The third-order valence-corrected chi connectivity index (χ3v) is 3.44. The highest BCUT2D eigenvalue weighted by Gasteiger charge is 2.17. The van der Waals surface area contributed by atoms with Crippen molar-refractivity contribution in [3.63, 3.8) is 0 Å². The number of likely N-dealkylation sites (N-methyl/N-ethyl adjacent to an activating group) is 1. The van der Waals surface area contributed by atoms with E-state index >= 15 is 0 Å². The molecule has 2 rings (SSSR count). The van der Waals surface area contributed by atoms with Gasteiger partial charge in [0, 0.05) is 24.5 Å². The lowest BCUT2D eigenvalue weighted by Gasteiger charge is -2.30. The van der Waals surface area contributed by atoms with Gasteiger partial charge in [0.15, 0.2) is 0 Å². The largest absolute Gasteiger partial charge is 0.367 e. The summed E-state index contributed by atoms with van der Waals surface area (Å²) in [5.41, 5.74) is 5.57. The summed E-state index contributed by atoms with van der Waals surface area (Å²) in [7, 11) is 0. The van der Waals surface area contributed by atoms with Crippen LogP contribution in [0.4, 0.5) is 5.69 Å². The van der Waals surface area contributed by atoms with Crippen molar-refractivity contribution in [2.24, 2.45) is 4.99 Å². The van der Waals surface area contributed by atoms with Gasteiger partial charge < -0.3 is 4.90 Å². The summed E-state index contributed by atoms with van der Waals surface area (Å²) in [6, 6.07) is 8.48. The quantitative estimate of drug-likeness (QED) is 0.735. The standard InChI is InChI=1S/C18H22N2/c1-5-9-14(3)19-15(4)17-12-16-10-7-8-11-18(16)20(6-2)13-17/h5,7-12H,4,6,13H2,1-3H3/b9-5-,19-14?. The molecular weight excluding hydrogens is 244 g/mol. The monoisotopic (exact) mass is 266 g/mol. The summed E-state index contributed by atoms with van der Waals surface area (Å²) in [5, 5.41) is 0. The number of anilines is 1. The fourth-order valence-electron chi connectivity index (χ4n) is 2.44. The summed E-state index contributed by atoms with van der Waals surface area (Å²) in [5.74, 6) is 0. The third-order valence-electron chi connectivity index (χ3n) is 3.44. The zero-order valence-electron chi connectivity index (χ0n) is 12.6. The first kappa shape index (κ1) is 14.3. The van der Waals surface area contributed by atoms with Gasteiger partial charge in [-0.05, 0) is 50.1 Å². The molecule has 0 aromatic heterocycles. The van der Waals surface area contributed by atoms with Crippen LogP contribution < -0.4 is 4.90 Å². The van der Waals surface area contributed by atoms with Crippen molar-refractivity contribution in [2.75, 3.05) is 18.0 Å². The van der Waals surface area contributed by atoms with Gasteiger partial charge in [-0.1, -0.05) is 30.9 Å². The smallest absolute Gasteiger partial charge is 0.0611 e. The molecule has 104 valence electrons. The molecule has 20 heavy (non-hydrogen) atoms. The van der Waals surface area contributed by atoms with Crippen LogP contribution in [-0.4, -0.2) is 18.8 Å². The van der Waals surface area contributed by atoms with E-state index in [2.05, 4.69) is 53.7 Å². The molecule has 1 aromatic carbocycles. The Morgan fingerprint density at radius 1 is 1.40 bits per heavy atom. The van der Waals surface area contributed by atoms with Crippen molar-refractivity contribution in [2.45, 2.75) is 20.8 Å². The van der Waals surface area contributed by atoms with Gasteiger partial charge in [0.2, 0.25) is 0 Å². The number of rotatable bonds is 4. The van der Waals surface area contributed by atoms with E-state index in [0.29, 0.717) is 0 Å². The Kier molecular flexibility index (Phi) is 4.57. The summed E-state index contributed by atoms with van der Waals surface area (Å²) >= 11 is 0. The minimum atomic E-state index is 0.855. The Hall–Kier alpha value is -2.09. The average Bonchev–Trinajstić information content (AvgIpc) is 2.46. The molecule has 0 saturated heterocycles. The number of benzene rings is 1. The van der Waals surface area contributed by atoms with Gasteiger partial charge in [0.05, 0.1) is 5.70 Å². The molecule has 0 aliphatic carbocycles. The third kappa shape index (κ3) is 3.08. The number of nitrogens with zero attached hydrogens (tertiary/aromatic N) is 2. The highest BCUT2D eigenvalue weighted by atomic mass is 15.1. The summed E-state index contributed by atoms with van der Waals surface area (Å²) in [6.45, 7) is 12.2. The Balaban J connectivity index is 2.33. The van der Waals surface area contributed by atoms with Gasteiger partial charge in [0.25, 0.3) is 0 Å². The van der Waals surface area contributed by atoms with Gasteiger partial charge in [-0.25, -0.2) is 0 Å². The normalized spacial score (nSPS) is 15.2. The molecule has 0 bridgehead atoms. The van der Waals surface area contributed by atoms with Crippen LogP contribution in [0.15, 0.2) is 59.3 Å². The number of hydrogen-bond donors (Lipinski definition) is 0. The van der Waals surface area contributed by atoms with E-state index in [1.165, 1.54) is 16.8 Å². The first-order chi connectivity index (χ1) is 9.65. The molecule has 1 heterocycles. The van der Waals surface area contributed by atoms with Crippen LogP contribution >= 0.6 is 0 Å². The topological polar surface area (TPSA) is 15.6 Å². The van der Waals surface area contributed by atoms with Crippen LogP contribution in [0.2, 0.25) is 0 Å². The number of para-hydroxylation sites is 1. The highest BCUT2D eigenvalue weighted by Crippen LogP contribution is 2.30. The van der Waals surface area contributed by atoms with Crippen molar-refractivity contribution < 1.29 is 0 Å². The molecule has 0 saturated carbocycles. The maximum absolute atomic E-state index is 4.57. The lowest BCUT2D eigenvalue weighted by molar-refractivity contribution is 0.873. The minimum Gasteiger partial charge on any atom is -0.367 e. The van der Waals surface area contributed by atoms with Crippen molar-refractivity contribution in [1.82, 2.24) is 0 Å². The van der Waals surface area contributed by atoms with Crippen LogP contribution in [0.5, 0.6) is 0 Å². The van der Waals surface area contributed by atoms with E-state index in [1.54, 1.807) is 0 Å². The lowest BCUT2D eigenvalue weighted by atomic mass is 10.0. The molecule has 0 amide bonds. The Labute approximate surface area is 121 Å². The van der Waals surface area contributed by atoms with Gasteiger partial charge in [-0.2, -0.15) is 0 Å². The number of hydrogen-bond acceptors (Lipinski definition) is 2. The predicted molar refractivity (Wildman–Crippen MR) is 89.4 cm³/mol. The van der Waals surface area contributed by atoms with Crippen LogP contribution in [0.25, 0.3) is 6.08 Å². The Morgan fingerprint density at radius 2 is 2.15 bits per heavy atom. The second-order valence-corrected chi connectivity index (χ2v) is 4.94. The molecular formula is C18H22N2. The molecule has 0 fully saturated rings. The van der Waals surface area contributed by atoms with E-state index in [1.807, 2.05) is 26.0 Å². The molecule has 0 unspecified atom stereocenters. The van der Waals surface area contributed by atoms with E-state index < -0.39 is 0 Å². The summed E-state index contributed by atoms with van der Waals surface area (Å²) < 4.78 is 0. The fraction of sp³-hybridized carbons (Fsp3) is 0.278. The second kappa shape index (κ2) is 6.38. The van der Waals surface area contributed by atoms with E-state index in [9.17, 15) is 0 Å². The van der Waals surface area contributed by atoms with Crippen molar-refractivity contribution >= 4 is 17.5 Å². The van der Waals surface area contributed by atoms with Crippen LogP contribution in [0.3, 0.4) is 0 Å². The van der Waals surface area contributed by atoms with Crippen molar-refractivity contribution in [1.29, 1.82) is 0 Å². The number of aliphatic imine (C=N–C) groups is 1. The zero-order chi connectivity index (χ0) is 14.5. The molecule has 1 aromatic rings. The molecule has 0 atom stereocenters. The molecule has 0 spiro atoms. The van der Waals surface area contributed by atoms with Crippen LogP contribution in [0, 0.1) is 0 Å². The van der Waals surface area contributed by atoms with E-state index in [-0.39, 0.29) is 0 Å². The predicted octanol–water partition coefficient (Wildman–Crippen LogP) is 4.46. The Morgan fingerprint density at radius 3 is 2.85 bits per heavy atom. The van der Waals surface area contributed by atoms with Gasteiger partial charge in [-0.3, -0.25) is 4.99 Å². The van der Waals surface area contributed by atoms with Crippen LogP contribution in [-0.2, 0) is 0 Å². The molecule has 0 N–H and O–H groups in total. The maximum atomic E-state index is 4.57. The number of fused-ring (bicyclic) bond motifs is 1. The van der Waals surface area contributed by atoms with Gasteiger partial charge >= 0.3 is 0 Å². The van der Waals surface area contributed by atoms with Crippen LogP contribution in [0.1, 0.15) is 26.3 Å². The van der Waals surface area contributed by atoms with E-state index in [0.717, 1.165) is 24.5 Å². The van der Waals surface area contributed by atoms with E-state index in [4.69, 9.17) is 0 Å². The first-order valence-corrected chi connectivity index (χ1v) is 7.07. The molecule has 1 aliphatic heterocycles. The molecule has 1 aliphatic rings. The highest BCUT2D eigenvalue weighted by molar-refractivity contribution is 5.94. The zero-order valence-corrected chi connectivity index (χ0v) is 12.6. The molecule has 2 heteroatoms. The van der Waals surface area contributed by atoms with Gasteiger partial charge in [-0.15, -0.1) is 0 Å². The van der Waals surface area contributed by atoms with Gasteiger partial charge in [0.1, 0.15) is 0 Å². The SMILES string of the molecule is C=C(N=C(C)/C=C\C)C1=Cc2ccccc2N(CC)C1. The summed E-state index contributed by atoms with van der Waals surface area (Å²) in [6.07, 6.45) is 6.20. The van der Waals surface area contributed by atoms with Crippen molar-refractivity contribution in [3.8, 4) is 0 Å². The number of allylic oxidation sites excluding steroid dienone is 2. The second-order valence-electron chi connectivity index (χ2n) is 4.94. The maximum Gasteiger partial charge on any atom is 0.0611 e. The molecule has 0 radical (unpaired) electrons. The van der Waals surface area contributed by atoms with Crippen molar-refractivity contribution in [3.05, 3.63) is 59.8 Å². The average molecular weight is 266 g/mol. The summed E-state index contributed by atoms with van der Waals surface area (Å²) in [4.78, 5) is 6.93. The first-order valence-electron chi connectivity index (χ1n) is 7.07. The Bertz CT molecular complexity index is 591. The lowest BCUT2D eigenvalue weighted by Crippen LogP contribution is -2.28.